The highest BCUT2D eigenvalue weighted by Crippen LogP contribution is 2.27. The van der Waals surface area contributed by atoms with Gasteiger partial charge >= 0.3 is 5.97 Å². The van der Waals surface area contributed by atoms with Gasteiger partial charge in [-0.25, -0.2) is 13.4 Å². The second-order valence-electron chi connectivity index (χ2n) is 4.37. The summed E-state index contributed by atoms with van der Waals surface area (Å²) in [7, 11) is -3.36. The van der Waals surface area contributed by atoms with Crippen LogP contribution in [0.2, 0.25) is 0 Å². The number of sulfone groups is 1. The average Bonchev–Trinajstić information content (AvgIpc) is 2.77. The molecule has 0 radical (unpaired) electrons. The Labute approximate surface area is 105 Å². The minimum atomic E-state index is -3.36. The van der Waals surface area contributed by atoms with Crippen LogP contribution in [0.5, 0.6) is 0 Å². The van der Waals surface area contributed by atoms with E-state index in [1.165, 1.54) is 12.3 Å². The second kappa shape index (κ2) is 4.56. The number of anilines is 1. The maximum atomic E-state index is 11.6. The Balaban J connectivity index is 2.33. The number of carboxylic acid groups (broad SMARTS) is 1. The summed E-state index contributed by atoms with van der Waals surface area (Å²) in [4.78, 5) is 16.8. The number of nitrogens with zero attached hydrogens (tertiary/aromatic N) is 2. The molecule has 1 atom stereocenters. The molecule has 6 nitrogen and oxygen atoms in total. The van der Waals surface area contributed by atoms with Crippen LogP contribution in [0.1, 0.15) is 6.42 Å². The lowest BCUT2D eigenvalue weighted by Gasteiger charge is -2.19. The maximum Gasteiger partial charge on any atom is 0.308 e. The van der Waals surface area contributed by atoms with Gasteiger partial charge in [0.1, 0.15) is 10.7 Å². The SMILES string of the molecule is CS(=O)(=O)c1cccnc1N1CCC(C(=O)O)C1. The zero-order valence-corrected chi connectivity index (χ0v) is 10.7. The molecule has 0 saturated carbocycles. The zero-order valence-electron chi connectivity index (χ0n) is 9.91. The summed E-state index contributed by atoms with van der Waals surface area (Å²) >= 11 is 0. The smallest absolute Gasteiger partial charge is 0.308 e. The summed E-state index contributed by atoms with van der Waals surface area (Å²) in [5.41, 5.74) is 0. The first-order valence-corrected chi connectivity index (χ1v) is 7.41. The van der Waals surface area contributed by atoms with Crippen LogP contribution in [0.3, 0.4) is 0 Å². The minimum absolute atomic E-state index is 0.149. The summed E-state index contributed by atoms with van der Waals surface area (Å²) in [6.07, 6.45) is 3.14. The molecule has 1 aliphatic rings. The Morgan fingerprint density at radius 3 is 2.83 bits per heavy atom. The van der Waals surface area contributed by atoms with Gasteiger partial charge in [-0.1, -0.05) is 0 Å². The number of carboxylic acids is 1. The molecule has 7 heteroatoms. The van der Waals surface area contributed by atoms with Gasteiger partial charge in [0.15, 0.2) is 9.84 Å². The van der Waals surface area contributed by atoms with Crippen LogP contribution in [0.15, 0.2) is 23.2 Å². The topological polar surface area (TPSA) is 87.6 Å². The molecule has 98 valence electrons. The van der Waals surface area contributed by atoms with E-state index in [0.29, 0.717) is 25.3 Å². The molecule has 1 aliphatic heterocycles. The Morgan fingerprint density at radius 1 is 1.56 bits per heavy atom. The maximum absolute atomic E-state index is 11.6. The zero-order chi connectivity index (χ0) is 13.3. The van der Waals surface area contributed by atoms with Crippen molar-refractivity contribution in [2.45, 2.75) is 11.3 Å². The molecule has 0 spiro atoms. The summed E-state index contributed by atoms with van der Waals surface area (Å²) in [5, 5.41) is 8.94. The van der Waals surface area contributed by atoms with Gasteiger partial charge in [-0.15, -0.1) is 0 Å². The molecule has 1 fully saturated rings. The van der Waals surface area contributed by atoms with Crippen molar-refractivity contribution in [1.29, 1.82) is 0 Å². The lowest BCUT2D eigenvalue weighted by molar-refractivity contribution is -0.140. The van der Waals surface area contributed by atoms with Gasteiger partial charge in [0.25, 0.3) is 0 Å². The van der Waals surface area contributed by atoms with Gasteiger partial charge in [0.05, 0.1) is 5.92 Å². The van der Waals surface area contributed by atoms with Gasteiger partial charge < -0.3 is 10.0 Å². The summed E-state index contributed by atoms with van der Waals surface area (Å²) in [6, 6.07) is 3.05. The van der Waals surface area contributed by atoms with Gasteiger partial charge in [0.2, 0.25) is 0 Å². The van der Waals surface area contributed by atoms with E-state index in [2.05, 4.69) is 4.98 Å². The van der Waals surface area contributed by atoms with Gasteiger partial charge in [0, 0.05) is 25.5 Å². The number of pyridine rings is 1. The number of hydrogen-bond donors (Lipinski definition) is 1. The molecule has 0 aliphatic carbocycles. The van der Waals surface area contributed by atoms with Crippen LogP contribution < -0.4 is 4.90 Å². The van der Waals surface area contributed by atoms with Crippen molar-refractivity contribution in [3.05, 3.63) is 18.3 Å². The number of hydrogen-bond acceptors (Lipinski definition) is 5. The first-order chi connectivity index (χ1) is 8.39. The molecule has 1 saturated heterocycles. The lowest BCUT2D eigenvalue weighted by Crippen LogP contribution is -2.25. The van der Waals surface area contributed by atoms with Gasteiger partial charge in [-0.05, 0) is 18.6 Å². The lowest BCUT2D eigenvalue weighted by atomic mass is 10.1. The molecule has 1 aromatic rings. The Bertz CT molecular complexity index is 570. The fourth-order valence-electron chi connectivity index (χ4n) is 2.06. The molecule has 18 heavy (non-hydrogen) atoms. The van der Waals surface area contributed by atoms with E-state index in [1.807, 2.05) is 0 Å². The van der Waals surface area contributed by atoms with E-state index in [9.17, 15) is 13.2 Å². The highest BCUT2D eigenvalue weighted by atomic mass is 32.2. The third-order valence-corrected chi connectivity index (χ3v) is 4.10. The standard InChI is InChI=1S/C11H14N2O4S/c1-18(16,17)9-3-2-5-12-10(9)13-6-4-8(7-13)11(14)15/h2-3,5,8H,4,6-7H2,1H3,(H,14,15). The number of carbonyl (C=O) groups is 1. The predicted octanol–water partition coefficient (Wildman–Crippen LogP) is 0.396. The highest BCUT2D eigenvalue weighted by molar-refractivity contribution is 7.90. The monoisotopic (exact) mass is 270 g/mol. The number of rotatable bonds is 3. The van der Waals surface area contributed by atoms with E-state index in [0.717, 1.165) is 6.26 Å². The third-order valence-electron chi connectivity index (χ3n) is 2.99. The number of aromatic nitrogens is 1. The predicted molar refractivity (Wildman–Crippen MR) is 65.3 cm³/mol. The van der Waals surface area contributed by atoms with Gasteiger partial charge in [-0.2, -0.15) is 0 Å². The molecule has 2 heterocycles. The van der Waals surface area contributed by atoms with E-state index in [4.69, 9.17) is 5.11 Å². The van der Waals surface area contributed by atoms with E-state index in [-0.39, 0.29) is 4.90 Å². The molecular weight excluding hydrogens is 256 g/mol. The van der Waals surface area contributed by atoms with E-state index < -0.39 is 21.7 Å². The van der Waals surface area contributed by atoms with Crippen LogP contribution in [-0.4, -0.2) is 43.8 Å². The minimum Gasteiger partial charge on any atom is -0.481 e. The first-order valence-electron chi connectivity index (χ1n) is 5.52. The molecule has 2 rings (SSSR count). The fourth-order valence-corrected chi connectivity index (χ4v) is 2.90. The van der Waals surface area contributed by atoms with Crippen molar-refractivity contribution in [2.24, 2.45) is 5.92 Å². The van der Waals surface area contributed by atoms with Crippen LogP contribution >= 0.6 is 0 Å². The van der Waals surface area contributed by atoms with Crippen molar-refractivity contribution in [3.8, 4) is 0 Å². The Hall–Kier alpha value is -1.63. The van der Waals surface area contributed by atoms with Crippen molar-refractivity contribution in [1.82, 2.24) is 4.98 Å². The fraction of sp³-hybridized carbons (Fsp3) is 0.455. The Morgan fingerprint density at radius 2 is 2.28 bits per heavy atom. The van der Waals surface area contributed by atoms with Crippen LogP contribution in [0, 0.1) is 5.92 Å². The van der Waals surface area contributed by atoms with Crippen molar-refractivity contribution in [2.75, 3.05) is 24.2 Å². The van der Waals surface area contributed by atoms with Crippen LogP contribution in [0.25, 0.3) is 0 Å². The normalized spacial score (nSPS) is 20.1. The molecule has 1 N–H and O–H groups in total. The molecule has 1 unspecified atom stereocenters. The molecular formula is C11H14N2O4S. The largest absolute Gasteiger partial charge is 0.481 e. The summed E-state index contributed by atoms with van der Waals surface area (Å²) < 4.78 is 23.3. The van der Waals surface area contributed by atoms with Gasteiger partial charge in [-0.3, -0.25) is 4.79 Å². The Kier molecular flexibility index (Phi) is 3.25. The van der Waals surface area contributed by atoms with Crippen molar-refractivity contribution in [3.63, 3.8) is 0 Å². The van der Waals surface area contributed by atoms with Crippen molar-refractivity contribution >= 4 is 21.6 Å². The first kappa shape index (κ1) is 12.8. The van der Waals surface area contributed by atoms with E-state index in [1.54, 1.807) is 11.0 Å². The third kappa shape index (κ3) is 2.45. The van der Waals surface area contributed by atoms with Crippen LogP contribution in [-0.2, 0) is 14.6 Å². The molecule has 1 aromatic heterocycles. The number of aliphatic carboxylic acids is 1. The van der Waals surface area contributed by atoms with E-state index >= 15 is 0 Å². The average molecular weight is 270 g/mol. The van der Waals surface area contributed by atoms with Crippen molar-refractivity contribution < 1.29 is 18.3 Å². The summed E-state index contributed by atoms with van der Waals surface area (Å²) in [6.45, 7) is 0.811. The molecule has 0 aromatic carbocycles. The molecule has 0 bridgehead atoms. The quantitative estimate of drug-likeness (QED) is 0.855. The summed E-state index contributed by atoms with van der Waals surface area (Å²) in [5.74, 6) is -0.961. The highest BCUT2D eigenvalue weighted by Gasteiger charge is 2.31. The second-order valence-corrected chi connectivity index (χ2v) is 6.35. The van der Waals surface area contributed by atoms with Crippen LogP contribution in [0.4, 0.5) is 5.82 Å². The molecule has 0 amide bonds.